The first-order valence-corrected chi connectivity index (χ1v) is 13.4. The Balaban J connectivity index is 0.981. The molecular weight excluding hydrogens is 522 g/mol. The number of piperidine rings is 1. The second-order valence-electron chi connectivity index (χ2n) is 11.7. The number of halogens is 2. The van der Waals surface area contributed by atoms with Crippen molar-refractivity contribution in [2.45, 2.75) is 56.6 Å². The maximum absolute atomic E-state index is 14.8. The van der Waals surface area contributed by atoms with Crippen LogP contribution in [0.15, 0.2) is 36.4 Å². The van der Waals surface area contributed by atoms with Gasteiger partial charge in [0.25, 0.3) is 0 Å². The van der Waals surface area contributed by atoms with Crippen molar-refractivity contribution in [3.63, 3.8) is 0 Å². The highest BCUT2D eigenvalue weighted by Gasteiger charge is 2.74. The molecule has 4 amide bonds. The number of carbonyl (C=O) groups is 4. The summed E-state index contributed by atoms with van der Waals surface area (Å²) in [5, 5.41) is 4.91. The molecule has 2 aromatic rings. The molecule has 1 unspecified atom stereocenters. The van der Waals surface area contributed by atoms with Crippen molar-refractivity contribution in [2.24, 2.45) is 5.41 Å². The van der Waals surface area contributed by atoms with Crippen molar-refractivity contribution in [3.05, 3.63) is 59.2 Å². The van der Waals surface area contributed by atoms with Crippen LogP contribution in [0.3, 0.4) is 0 Å². The number of hydrogen-bond acceptors (Lipinski definition) is 6. The number of carbonyl (C=O) groups excluding carboxylic acids is 4. The number of imide groups is 1. The molecule has 2 aromatic carbocycles. The normalized spacial score (nSPS) is 27.1. The van der Waals surface area contributed by atoms with Gasteiger partial charge in [0.1, 0.15) is 17.2 Å². The van der Waals surface area contributed by atoms with E-state index in [1.54, 1.807) is 16.8 Å². The molecule has 11 heteroatoms. The topological polar surface area (TPSA) is 108 Å². The number of alkyl carbamates (subject to hydrolysis) is 1. The minimum absolute atomic E-state index is 0.0235. The van der Waals surface area contributed by atoms with Gasteiger partial charge in [0.05, 0.1) is 17.4 Å². The SMILES string of the molecule is Cc1ccc(N(C)C(=O)C23CC(OC(=O)NC4CN(c5cc(F)c(C6CCC(=O)NC6=O)c(F)c5)C4)(C2)C3)cc1. The van der Waals surface area contributed by atoms with Gasteiger partial charge in [0.15, 0.2) is 0 Å². The zero-order valence-electron chi connectivity index (χ0n) is 22.3. The molecule has 210 valence electrons. The maximum atomic E-state index is 14.8. The van der Waals surface area contributed by atoms with Crippen LogP contribution in [0.2, 0.25) is 0 Å². The van der Waals surface area contributed by atoms with E-state index in [0.717, 1.165) is 11.3 Å². The van der Waals surface area contributed by atoms with Gasteiger partial charge in [-0.2, -0.15) is 0 Å². The summed E-state index contributed by atoms with van der Waals surface area (Å²) >= 11 is 0. The van der Waals surface area contributed by atoms with E-state index in [2.05, 4.69) is 10.6 Å². The summed E-state index contributed by atoms with van der Waals surface area (Å²) in [5.74, 6) is -3.88. The predicted molar refractivity (Wildman–Crippen MR) is 141 cm³/mol. The molecule has 2 saturated heterocycles. The summed E-state index contributed by atoms with van der Waals surface area (Å²) < 4.78 is 35.3. The summed E-state index contributed by atoms with van der Waals surface area (Å²) in [6, 6.07) is 9.82. The molecule has 1 atom stereocenters. The van der Waals surface area contributed by atoms with E-state index >= 15 is 0 Å². The van der Waals surface area contributed by atoms with Crippen LogP contribution < -0.4 is 20.4 Å². The number of amides is 4. The first kappa shape index (κ1) is 26.2. The Kier molecular flexibility index (Phi) is 6.08. The second kappa shape index (κ2) is 9.28. The number of aryl methyl sites for hydroxylation is 1. The Morgan fingerprint density at radius 1 is 1.07 bits per heavy atom. The molecule has 40 heavy (non-hydrogen) atoms. The fourth-order valence-electron chi connectivity index (χ4n) is 6.50. The van der Waals surface area contributed by atoms with E-state index < -0.39 is 46.5 Å². The van der Waals surface area contributed by atoms with E-state index in [1.807, 2.05) is 31.2 Å². The average molecular weight is 553 g/mol. The number of nitrogens with one attached hydrogen (secondary N) is 2. The Morgan fingerprint density at radius 2 is 1.70 bits per heavy atom. The lowest BCUT2D eigenvalue weighted by molar-refractivity contribution is -0.246. The molecule has 5 aliphatic rings. The number of hydrogen-bond donors (Lipinski definition) is 2. The van der Waals surface area contributed by atoms with Crippen molar-refractivity contribution in [3.8, 4) is 0 Å². The Morgan fingerprint density at radius 3 is 2.30 bits per heavy atom. The van der Waals surface area contributed by atoms with Crippen LogP contribution in [0.5, 0.6) is 0 Å². The molecule has 2 N–H and O–H groups in total. The van der Waals surface area contributed by atoms with E-state index in [1.165, 1.54) is 12.1 Å². The smallest absolute Gasteiger partial charge is 0.408 e. The molecule has 5 fully saturated rings. The first-order chi connectivity index (χ1) is 19.0. The molecule has 3 saturated carbocycles. The summed E-state index contributed by atoms with van der Waals surface area (Å²) in [5.41, 5.74) is 0.803. The predicted octanol–water partition coefficient (Wildman–Crippen LogP) is 3.29. The number of ether oxygens (including phenoxy) is 1. The Bertz CT molecular complexity index is 1380. The van der Waals surface area contributed by atoms with Crippen molar-refractivity contribution in [1.29, 1.82) is 0 Å². The minimum Gasteiger partial charge on any atom is -0.443 e. The second-order valence-corrected chi connectivity index (χ2v) is 11.7. The molecule has 9 nitrogen and oxygen atoms in total. The lowest BCUT2D eigenvalue weighted by atomic mass is 9.40. The molecule has 2 bridgehead atoms. The quantitative estimate of drug-likeness (QED) is 0.533. The van der Waals surface area contributed by atoms with Gasteiger partial charge in [-0.05, 0) is 37.6 Å². The largest absolute Gasteiger partial charge is 0.443 e. The summed E-state index contributed by atoms with van der Waals surface area (Å²) in [7, 11) is 1.76. The maximum Gasteiger partial charge on any atom is 0.408 e. The van der Waals surface area contributed by atoms with Crippen LogP contribution in [0.1, 0.15) is 49.1 Å². The lowest BCUT2D eigenvalue weighted by Gasteiger charge is -2.67. The van der Waals surface area contributed by atoms with E-state index in [-0.39, 0.29) is 30.4 Å². The van der Waals surface area contributed by atoms with E-state index in [4.69, 9.17) is 4.74 Å². The fraction of sp³-hybridized carbons (Fsp3) is 0.448. The molecule has 3 aliphatic carbocycles. The van der Waals surface area contributed by atoms with Crippen molar-refractivity contribution in [1.82, 2.24) is 10.6 Å². The van der Waals surface area contributed by atoms with Gasteiger partial charge in [-0.1, -0.05) is 17.7 Å². The zero-order valence-corrected chi connectivity index (χ0v) is 22.3. The monoisotopic (exact) mass is 552 g/mol. The average Bonchev–Trinajstić information content (AvgIpc) is 2.83. The first-order valence-electron chi connectivity index (χ1n) is 13.4. The van der Waals surface area contributed by atoms with Crippen LogP contribution >= 0.6 is 0 Å². The third-order valence-corrected chi connectivity index (χ3v) is 8.69. The van der Waals surface area contributed by atoms with Crippen molar-refractivity contribution < 1.29 is 32.7 Å². The number of nitrogens with zero attached hydrogens (tertiary/aromatic N) is 2. The minimum atomic E-state index is -1.05. The molecular formula is C29H30F2N4O5. The molecule has 7 rings (SSSR count). The van der Waals surface area contributed by atoms with Gasteiger partial charge >= 0.3 is 6.09 Å². The standard InChI is InChI=1S/C29H30F2N4O5/c1-16-3-5-18(6-4-16)34(2)26(38)28-13-29(14-28,15-28)40-27(39)32-17-11-35(12-17)19-9-21(30)24(22(31)10-19)20-7-8-23(36)33-25(20)37/h3-6,9-10,17,20H,7-8,11-15H2,1-2H3,(H,32,39)(H,33,36,37). The highest BCUT2D eigenvalue weighted by Crippen LogP contribution is 2.69. The van der Waals surface area contributed by atoms with Gasteiger partial charge in [-0.3, -0.25) is 19.7 Å². The highest BCUT2D eigenvalue weighted by molar-refractivity contribution is 6.01. The van der Waals surface area contributed by atoms with Crippen LogP contribution in [0, 0.1) is 24.0 Å². The van der Waals surface area contributed by atoms with Gasteiger partial charge in [-0.25, -0.2) is 13.6 Å². The van der Waals surface area contributed by atoms with Gasteiger partial charge in [0.2, 0.25) is 17.7 Å². The van der Waals surface area contributed by atoms with Crippen LogP contribution in [0.4, 0.5) is 25.0 Å². The Hall–Kier alpha value is -4.02. The van der Waals surface area contributed by atoms with E-state index in [9.17, 15) is 28.0 Å². The lowest BCUT2D eigenvalue weighted by Crippen LogP contribution is -2.74. The third-order valence-electron chi connectivity index (χ3n) is 8.69. The summed E-state index contributed by atoms with van der Waals surface area (Å²) in [6.45, 7) is 2.66. The number of rotatable bonds is 6. The Labute approximate surface area is 229 Å². The fourth-order valence-corrected chi connectivity index (χ4v) is 6.50. The van der Waals surface area contributed by atoms with Crippen LogP contribution in [-0.4, -0.2) is 55.6 Å². The molecule has 0 aromatic heterocycles. The van der Waals surface area contributed by atoms with Crippen molar-refractivity contribution in [2.75, 3.05) is 29.9 Å². The zero-order chi connectivity index (χ0) is 28.4. The molecule has 2 heterocycles. The summed E-state index contributed by atoms with van der Waals surface area (Å²) in [6.07, 6.45) is 1.00. The van der Waals surface area contributed by atoms with Gasteiger partial charge in [0, 0.05) is 62.8 Å². The van der Waals surface area contributed by atoms with Crippen molar-refractivity contribution >= 4 is 35.2 Å². The highest BCUT2D eigenvalue weighted by atomic mass is 19.1. The van der Waals surface area contributed by atoms with Crippen LogP contribution in [-0.2, 0) is 19.1 Å². The number of benzene rings is 2. The van der Waals surface area contributed by atoms with Crippen LogP contribution in [0.25, 0.3) is 0 Å². The molecule has 0 radical (unpaired) electrons. The number of anilines is 2. The van der Waals surface area contributed by atoms with E-state index in [0.29, 0.717) is 38.0 Å². The molecule has 0 spiro atoms. The molecule has 2 aliphatic heterocycles. The van der Waals surface area contributed by atoms with Gasteiger partial charge in [-0.15, -0.1) is 0 Å². The summed E-state index contributed by atoms with van der Waals surface area (Å²) in [4.78, 5) is 52.4. The van der Waals surface area contributed by atoms with Gasteiger partial charge < -0.3 is 19.9 Å². The third kappa shape index (κ3) is 4.37.